The van der Waals surface area contributed by atoms with Crippen LogP contribution in [0.1, 0.15) is 25.7 Å². The summed E-state index contributed by atoms with van der Waals surface area (Å²) in [6, 6.07) is 2.29. The van der Waals surface area contributed by atoms with Gasteiger partial charge < -0.3 is 20.0 Å². The van der Waals surface area contributed by atoms with Gasteiger partial charge in [-0.15, -0.1) is 12.4 Å². The maximum atomic E-state index is 12.3. The van der Waals surface area contributed by atoms with Gasteiger partial charge in [0.15, 0.2) is 0 Å². The quantitative estimate of drug-likeness (QED) is 0.754. The SMILES string of the molecule is CN(C)C(=O)N1CC2=C(CC(NCC(=O)N3CCCC3C#N)C2)C1.Cl. The van der Waals surface area contributed by atoms with E-state index < -0.39 is 0 Å². The molecule has 1 fully saturated rings. The highest BCUT2D eigenvalue weighted by molar-refractivity contribution is 5.85. The summed E-state index contributed by atoms with van der Waals surface area (Å²) in [7, 11) is 3.54. The van der Waals surface area contributed by atoms with Crippen molar-refractivity contribution in [3.8, 4) is 6.07 Å². The number of amides is 3. The first kappa shape index (κ1) is 19.5. The Morgan fingerprint density at radius 3 is 2.48 bits per heavy atom. The fourth-order valence-electron chi connectivity index (χ4n) is 3.92. The van der Waals surface area contributed by atoms with Crippen molar-refractivity contribution in [2.24, 2.45) is 0 Å². The van der Waals surface area contributed by atoms with Gasteiger partial charge in [-0.1, -0.05) is 0 Å². The number of carbonyl (C=O) groups is 2. The van der Waals surface area contributed by atoms with Crippen molar-refractivity contribution in [3.63, 3.8) is 0 Å². The van der Waals surface area contributed by atoms with E-state index in [0.29, 0.717) is 26.2 Å². The average Bonchev–Trinajstić information content (AvgIpc) is 3.25. The van der Waals surface area contributed by atoms with E-state index in [2.05, 4.69) is 11.4 Å². The van der Waals surface area contributed by atoms with Crippen LogP contribution < -0.4 is 5.32 Å². The Balaban J connectivity index is 0.00000225. The molecule has 138 valence electrons. The molecule has 0 saturated carbocycles. The predicted molar refractivity (Wildman–Crippen MR) is 96.3 cm³/mol. The molecule has 0 aromatic rings. The van der Waals surface area contributed by atoms with Gasteiger partial charge in [0.2, 0.25) is 5.91 Å². The normalized spacial score (nSPS) is 22.7. The average molecular weight is 368 g/mol. The van der Waals surface area contributed by atoms with Crippen LogP contribution in [0.4, 0.5) is 4.79 Å². The highest BCUT2D eigenvalue weighted by Gasteiger charge is 2.34. The number of rotatable bonds is 3. The Morgan fingerprint density at radius 2 is 1.92 bits per heavy atom. The zero-order valence-electron chi connectivity index (χ0n) is 14.8. The second-order valence-corrected chi connectivity index (χ2v) is 7.10. The van der Waals surface area contributed by atoms with E-state index in [-0.39, 0.29) is 36.4 Å². The Hall–Kier alpha value is -1.78. The molecule has 7 nitrogen and oxygen atoms in total. The van der Waals surface area contributed by atoms with Crippen molar-refractivity contribution in [2.45, 2.75) is 37.8 Å². The monoisotopic (exact) mass is 367 g/mol. The molecular weight excluding hydrogens is 342 g/mol. The third kappa shape index (κ3) is 4.07. The van der Waals surface area contributed by atoms with Crippen LogP contribution in [0.25, 0.3) is 0 Å². The standard InChI is InChI=1S/C17H25N5O2.ClH/c1-20(2)17(24)21-10-12-6-14(7-13(12)11-21)19-9-16(23)22-5-3-4-15(22)8-18;/h14-15,19H,3-7,9-11H2,1-2H3;1H. The minimum Gasteiger partial charge on any atom is -0.331 e. The number of nitrogens with zero attached hydrogens (tertiary/aromatic N) is 4. The predicted octanol–water partition coefficient (Wildman–Crippen LogP) is 0.969. The summed E-state index contributed by atoms with van der Waals surface area (Å²) in [5.41, 5.74) is 2.68. The van der Waals surface area contributed by atoms with E-state index in [1.54, 1.807) is 23.9 Å². The number of halogens is 1. The first-order valence-corrected chi connectivity index (χ1v) is 8.58. The molecule has 0 bridgehead atoms. The molecule has 1 unspecified atom stereocenters. The fraction of sp³-hybridized carbons (Fsp3) is 0.706. The molecule has 8 heteroatoms. The first-order valence-electron chi connectivity index (χ1n) is 8.58. The van der Waals surface area contributed by atoms with Crippen molar-refractivity contribution < 1.29 is 9.59 Å². The number of likely N-dealkylation sites (tertiary alicyclic amines) is 2. The maximum absolute atomic E-state index is 12.3. The van der Waals surface area contributed by atoms with Crippen LogP contribution in [-0.2, 0) is 4.79 Å². The zero-order chi connectivity index (χ0) is 17.3. The molecule has 0 aromatic carbocycles. The molecule has 0 spiro atoms. The van der Waals surface area contributed by atoms with E-state index in [1.807, 2.05) is 4.90 Å². The molecule has 1 atom stereocenters. The number of carbonyl (C=O) groups excluding carboxylic acids is 2. The van der Waals surface area contributed by atoms with Crippen LogP contribution in [0.15, 0.2) is 11.1 Å². The summed E-state index contributed by atoms with van der Waals surface area (Å²) in [6.45, 7) is 2.41. The van der Waals surface area contributed by atoms with Crippen LogP contribution in [0.3, 0.4) is 0 Å². The molecule has 1 N–H and O–H groups in total. The fourth-order valence-corrected chi connectivity index (χ4v) is 3.92. The molecule has 2 heterocycles. The lowest BCUT2D eigenvalue weighted by molar-refractivity contribution is -0.130. The van der Waals surface area contributed by atoms with Gasteiger partial charge in [0.25, 0.3) is 0 Å². The maximum Gasteiger partial charge on any atom is 0.320 e. The molecule has 0 radical (unpaired) electrons. The number of nitrogens with one attached hydrogen (secondary N) is 1. The molecular formula is C17H26ClN5O2. The Morgan fingerprint density at radius 1 is 1.28 bits per heavy atom. The van der Waals surface area contributed by atoms with Crippen LogP contribution >= 0.6 is 12.4 Å². The molecule has 1 saturated heterocycles. The van der Waals surface area contributed by atoms with Crippen LogP contribution in [0, 0.1) is 11.3 Å². The van der Waals surface area contributed by atoms with Gasteiger partial charge in [0.1, 0.15) is 6.04 Å². The van der Waals surface area contributed by atoms with Gasteiger partial charge in [-0.25, -0.2) is 4.79 Å². The number of urea groups is 1. The smallest absolute Gasteiger partial charge is 0.320 e. The Bertz CT molecular complexity index is 595. The lowest BCUT2D eigenvalue weighted by Crippen LogP contribution is -2.43. The second-order valence-electron chi connectivity index (χ2n) is 7.10. The van der Waals surface area contributed by atoms with Crippen LogP contribution in [-0.4, -0.2) is 79.0 Å². The number of hydrogen-bond acceptors (Lipinski definition) is 4. The van der Waals surface area contributed by atoms with E-state index >= 15 is 0 Å². The molecule has 3 amide bonds. The highest BCUT2D eigenvalue weighted by atomic mass is 35.5. The van der Waals surface area contributed by atoms with Gasteiger partial charge in [0, 0.05) is 39.8 Å². The van der Waals surface area contributed by atoms with Crippen molar-refractivity contribution in [3.05, 3.63) is 11.1 Å². The Labute approximate surface area is 155 Å². The molecule has 1 aliphatic carbocycles. The molecule has 3 aliphatic rings. The highest BCUT2D eigenvalue weighted by Crippen LogP contribution is 2.33. The number of nitriles is 1. The van der Waals surface area contributed by atoms with Crippen LogP contribution in [0.5, 0.6) is 0 Å². The minimum absolute atomic E-state index is 0. The van der Waals surface area contributed by atoms with Crippen molar-refractivity contribution in [2.75, 3.05) is 40.3 Å². The summed E-state index contributed by atoms with van der Waals surface area (Å²) in [6.07, 6.45) is 3.51. The van der Waals surface area contributed by atoms with Gasteiger partial charge in [-0.05, 0) is 36.8 Å². The summed E-state index contributed by atoms with van der Waals surface area (Å²) in [5, 5.41) is 12.4. The second kappa shape index (κ2) is 8.07. The topological polar surface area (TPSA) is 79.7 Å². The van der Waals surface area contributed by atoms with Gasteiger partial charge in [-0.2, -0.15) is 5.26 Å². The summed E-state index contributed by atoms with van der Waals surface area (Å²) < 4.78 is 0. The van der Waals surface area contributed by atoms with Gasteiger partial charge in [0.05, 0.1) is 12.6 Å². The van der Waals surface area contributed by atoms with E-state index in [0.717, 1.165) is 25.7 Å². The molecule has 25 heavy (non-hydrogen) atoms. The van der Waals surface area contributed by atoms with E-state index in [1.165, 1.54) is 11.1 Å². The van der Waals surface area contributed by atoms with Crippen LogP contribution in [0.2, 0.25) is 0 Å². The van der Waals surface area contributed by atoms with Crippen molar-refractivity contribution in [1.82, 2.24) is 20.0 Å². The molecule has 3 rings (SSSR count). The van der Waals surface area contributed by atoms with E-state index in [9.17, 15) is 9.59 Å². The van der Waals surface area contributed by atoms with E-state index in [4.69, 9.17) is 5.26 Å². The third-order valence-electron chi connectivity index (χ3n) is 5.17. The third-order valence-corrected chi connectivity index (χ3v) is 5.17. The zero-order valence-corrected chi connectivity index (χ0v) is 15.6. The van der Waals surface area contributed by atoms with Crippen molar-refractivity contribution >= 4 is 24.3 Å². The van der Waals surface area contributed by atoms with Crippen molar-refractivity contribution in [1.29, 1.82) is 5.26 Å². The summed E-state index contributed by atoms with van der Waals surface area (Å²) in [5.74, 6) is 0.0236. The van der Waals surface area contributed by atoms with Gasteiger partial charge >= 0.3 is 6.03 Å². The molecule has 2 aliphatic heterocycles. The summed E-state index contributed by atoms with van der Waals surface area (Å²) >= 11 is 0. The molecule has 0 aromatic heterocycles. The van der Waals surface area contributed by atoms with Gasteiger partial charge in [-0.3, -0.25) is 4.79 Å². The largest absolute Gasteiger partial charge is 0.331 e. The lowest BCUT2D eigenvalue weighted by atomic mass is 10.1. The minimum atomic E-state index is -0.253. The Kier molecular flexibility index (Phi) is 6.31. The lowest BCUT2D eigenvalue weighted by Gasteiger charge is -2.25. The number of hydrogen-bond donors (Lipinski definition) is 1. The first-order chi connectivity index (χ1) is 11.5. The summed E-state index contributed by atoms with van der Waals surface area (Å²) in [4.78, 5) is 29.5.